The van der Waals surface area contributed by atoms with E-state index in [2.05, 4.69) is 4.98 Å². The van der Waals surface area contributed by atoms with Crippen LogP contribution in [0.1, 0.15) is 5.56 Å². The summed E-state index contributed by atoms with van der Waals surface area (Å²) in [5, 5.41) is 9.66. The predicted octanol–water partition coefficient (Wildman–Crippen LogP) is 2.31. The molecule has 0 aliphatic rings. The van der Waals surface area contributed by atoms with E-state index in [1.807, 2.05) is 47.2 Å². The number of aromatic nitrogens is 2. The summed E-state index contributed by atoms with van der Waals surface area (Å²) in [6, 6.07) is 11.8. The molecule has 0 fully saturated rings. The molecule has 0 aliphatic heterocycles. The van der Waals surface area contributed by atoms with E-state index in [0.717, 1.165) is 22.0 Å². The van der Waals surface area contributed by atoms with Gasteiger partial charge >= 0.3 is 0 Å². The summed E-state index contributed by atoms with van der Waals surface area (Å²) < 4.78 is 1.95. The average molecular weight is 236 g/mol. The molecule has 4 heteroatoms. The highest BCUT2D eigenvalue weighted by Gasteiger charge is 2.08. The van der Waals surface area contributed by atoms with Crippen LogP contribution in [0.25, 0.3) is 16.5 Å². The number of nitrogen functional groups attached to an aromatic ring is 1. The molecule has 0 saturated carbocycles. The van der Waals surface area contributed by atoms with E-state index in [1.54, 1.807) is 12.5 Å². The molecule has 3 N–H and O–H groups in total. The van der Waals surface area contributed by atoms with E-state index in [0.29, 0.717) is 0 Å². The first-order valence-corrected chi connectivity index (χ1v) is 5.62. The summed E-state index contributed by atoms with van der Waals surface area (Å²) in [6.07, 6.45) is 5.40. The summed E-state index contributed by atoms with van der Waals surface area (Å²) in [5.74, 6) is 0.0865. The number of nitrogens with zero attached hydrogens (tertiary/aromatic N) is 2. The van der Waals surface area contributed by atoms with Crippen LogP contribution in [-0.2, 0) is 0 Å². The molecule has 0 aliphatic carbocycles. The minimum atomic E-state index is 0.0865. The van der Waals surface area contributed by atoms with Crippen molar-refractivity contribution < 1.29 is 0 Å². The maximum absolute atomic E-state index is 7.62. The van der Waals surface area contributed by atoms with Crippen molar-refractivity contribution in [3.63, 3.8) is 0 Å². The summed E-state index contributed by atoms with van der Waals surface area (Å²) in [5.41, 5.74) is 7.41. The summed E-state index contributed by atoms with van der Waals surface area (Å²) in [7, 11) is 0. The van der Waals surface area contributed by atoms with E-state index in [1.165, 1.54) is 0 Å². The highest BCUT2D eigenvalue weighted by Crippen LogP contribution is 2.25. The van der Waals surface area contributed by atoms with Gasteiger partial charge in [-0.3, -0.25) is 5.41 Å². The van der Waals surface area contributed by atoms with Crippen molar-refractivity contribution in [2.24, 2.45) is 5.73 Å². The molecule has 3 aromatic rings. The first-order valence-electron chi connectivity index (χ1n) is 5.62. The summed E-state index contributed by atoms with van der Waals surface area (Å²) >= 11 is 0. The van der Waals surface area contributed by atoms with Crippen molar-refractivity contribution in [2.75, 3.05) is 0 Å². The Kier molecular flexibility index (Phi) is 2.34. The number of fused-ring (bicyclic) bond motifs is 1. The second-order valence-corrected chi connectivity index (χ2v) is 4.06. The third-order valence-electron chi connectivity index (χ3n) is 2.97. The van der Waals surface area contributed by atoms with Crippen LogP contribution in [0.5, 0.6) is 0 Å². The van der Waals surface area contributed by atoms with Crippen LogP contribution in [0.15, 0.2) is 55.1 Å². The fourth-order valence-corrected chi connectivity index (χ4v) is 2.14. The predicted molar refractivity (Wildman–Crippen MR) is 72.1 cm³/mol. The first-order chi connectivity index (χ1) is 8.77. The van der Waals surface area contributed by atoms with E-state index in [4.69, 9.17) is 11.1 Å². The molecule has 0 saturated heterocycles. The Morgan fingerprint density at radius 2 is 1.89 bits per heavy atom. The second kappa shape index (κ2) is 4.00. The van der Waals surface area contributed by atoms with Crippen molar-refractivity contribution in [1.82, 2.24) is 9.55 Å². The van der Waals surface area contributed by atoms with Gasteiger partial charge in [-0.15, -0.1) is 0 Å². The number of imidazole rings is 1. The van der Waals surface area contributed by atoms with Crippen LogP contribution in [0.3, 0.4) is 0 Å². The molecular formula is C14H12N4. The molecule has 88 valence electrons. The zero-order valence-electron chi connectivity index (χ0n) is 9.67. The third-order valence-corrected chi connectivity index (χ3v) is 2.97. The Bertz CT molecular complexity index is 714. The van der Waals surface area contributed by atoms with Crippen LogP contribution in [-0.4, -0.2) is 15.4 Å². The Labute approximate surface area is 104 Å². The smallest absolute Gasteiger partial charge is 0.123 e. The number of hydrogen-bond acceptors (Lipinski definition) is 2. The highest BCUT2D eigenvalue weighted by atomic mass is 15.0. The monoisotopic (exact) mass is 236 g/mol. The van der Waals surface area contributed by atoms with Gasteiger partial charge in [0.1, 0.15) is 5.84 Å². The maximum Gasteiger partial charge on any atom is 0.123 e. The van der Waals surface area contributed by atoms with Gasteiger partial charge in [0.25, 0.3) is 0 Å². The van der Waals surface area contributed by atoms with Crippen molar-refractivity contribution in [1.29, 1.82) is 5.41 Å². The van der Waals surface area contributed by atoms with Crippen LogP contribution < -0.4 is 5.73 Å². The van der Waals surface area contributed by atoms with Gasteiger partial charge in [-0.1, -0.05) is 24.3 Å². The Morgan fingerprint density at radius 3 is 2.56 bits per heavy atom. The Morgan fingerprint density at radius 1 is 1.11 bits per heavy atom. The minimum Gasteiger partial charge on any atom is -0.384 e. The molecule has 4 nitrogen and oxygen atoms in total. The third kappa shape index (κ3) is 1.55. The average Bonchev–Trinajstić information content (AvgIpc) is 2.91. The number of nitrogens with one attached hydrogen (secondary N) is 1. The van der Waals surface area contributed by atoms with Crippen LogP contribution >= 0.6 is 0 Å². The van der Waals surface area contributed by atoms with Crippen LogP contribution in [0.4, 0.5) is 0 Å². The molecule has 18 heavy (non-hydrogen) atoms. The van der Waals surface area contributed by atoms with Crippen LogP contribution in [0.2, 0.25) is 0 Å². The quantitative estimate of drug-likeness (QED) is 0.529. The van der Waals surface area contributed by atoms with Crippen LogP contribution in [0, 0.1) is 5.41 Å². The molecule has 3 rings (SSSR count). The number of amidine groups is 1. The molecule has 0 amide bonds. The van der Waals surface area contributed by atoms with Gasteiger partial charge in [0.15, 0.2) is 0 Å². The number of rotatable bonds is 2. The van der Waals surface area contributed by atoms with Gasteiger partial charge in [0, 0.05) is 23.3 Å². The minimum absolute atomic E-state index is 0.0865. The van der Waals surface area contributed by atoms with Gasteiger partial charge in [0.05, 0.1) is 12.0 Å². The van der Waals surface area contributed by atoms with Crippen molar-refractivity contribution in [3.05, 3.63) is 60.7 Å². The van der Waals surface area contributed by atoms with E-state index in [-0.39, 0.29) is 5.84 Å². The molecule has 1 heterocycles. The number of hydrogen-bond donors (Lipinski definition) is 2. The molecular weight excluding hydrogens is 224 g/mol. The zero-order valence-corrected chi connectivity index (χ0v) is 9.67. The molecule has 0 atom stereocenters. The first kappa shape index (κ1) is 10.5. The van der Waals surface area contributed by atoms with E-state index in [9.17, 15) is 0 Å². The normalized spacial score (nSPS) is 10.7. The lowest BCUT2D eigenvalue weighted by atomic mass is 10.0. The lowest BCUT2D eigenvalue weighted by molar-refractivity contribution is 1.07. The van der Waals surface area contributed by atoms with Gasteiger partial charge in [-0.2, -0.15) is 0 Å². The van der Waals surface area contributed by atoms with Crippen molar-refractivity contribution >= 4 is 16.6 Å². The zero-order chi connectivity index (χ0) is 12.5. The van der Waals surface area contributed by atoms with E-state index < -0.39 is 0 Å². The molecule has 2 aromatic carbocycles. The molecule has 1 aromatic heterocycles. The second-order valence-electron chi connectivity index (χ2n) is 4.06. The topological polar surface area (TPSA) is 67.7 Å². The molecule has 0 spiro atoms. The van der Waals surface area contributed by atoms with Crippen molar-refractivity contribution in [2.45, 2.75) is 0 Å². The Hall–Kier alpha value is -2.62. The van der Waals surface area contributed by atoms with Gasteiger partial charge in [0.2, 0.25) is 0 Å². The van der Waals surface area contributed by atoms with Gasteiger partial charge < -0.3 is 10.3 Å². The molecule has 0 bridgehead atoms. The lowest BCUT2D eigenvalue weighted by Gasteiger charge is -2.10. The summed E-state index contributed by atoms with van der Waals surface area (Å²) in [6.45, 7) is 0. The summed E-state index contributed by atoms with van der Waals surface area (Å²) in [4.78, 5) is 4.06. The molecule has 0 radical (unpaired) electrons. The van der Waals surface area contributed by atoms with Gasteiger partial charge in [-0.25, -0.2) is 4.98 Å². The fraction of sp³-hybridized carbons (Fsp3) is 0. The van der Waals surface area contributed by atoms with Crippen molar-refractivity contribution in [3.8, 4) is 5.69 Å². The Balaban J connectivity index is 2.37. The largest absolute Gasteiger partial charge is 0.384 e. The molecule has 0 unspecified atom stereocenters. The highest BCUT2D eigenvalue weighted by molar-refractivity contribution is 6.09. The standard InChI is InChI=1S/C14H12N4/c15-14(16)12-5-6-13(18-8-7-17-9-18)11-4-2-1-3-10(11)12/h1-9H,(H3,15,16). The lowest BCUT2D eigenvalue weighted by Crippen LogP contribution is -2.11. The van der Waals surface area contributed by atoms with Gasteiger partial charge in [-0.05, 0) is 17.5 Å². The number of nitrogens with two attached hydrogens (primary N) is 1. The fourth-order valence-electron chi connectivity index (χ4n) is 2.14. The number of benzene rings is 2. The van der Waals surface area contributed by atoms with E-state index >= 15 is 0 Å². The maximum atomic E-state index is 7.62. The SMILES string of the molecule is N=C(N)c1ccc(-n2ccnc2)c2ccccc12.